The zero-order chi connectivity index (χ0) is 18.5. The number of aromatic nitrogens is 1. The number of nitrogens with one attached hydrogen (secondary N) is 1. The third-order valence-electron chi connectivity index (χ3n) is 6.28. The zero-order valence-electron chi connectivity index (χ0n) is 16.6. The molecule has 3 fully saturated rings. The molecule has 3 aliphatic rings. The monoisotopic (exact) mass is 408 g/mol. The van der Waals surface area contributed by atoms with Crippen molar-refractivity contribution in [1.82, 2.24) is 20.1 Å². The number of fused-ring (bicyclic) bond motifs is 2. The Morgan fingerprint density at radius 1 is 1.29 bits per heavy atom. The second kappa shape index (κ2) is 10.5. The number of nitrogens with zero attached hydrogens (tertiary/aromatic N) is 3. The van der Waals surface area contributed by atoms with E-state index in [9.17, 15) is 4.79 Å². The van der Waals surface area contributed by atoms with Gasteiger partial charge in [0.15, 0.2) is 0 Å². The Balaban J connectivity index is 0.00000225. The van der Waals surface area contributed by atoms with Crippen LogP contribution in [-0.2, 0) is 16.1 Å². The summed E-state index contributed by atoms with van der Waals surface area (Å²) in [5, 5.41) is 3.77. The predicted octanol–water partition coefficient (Wildman–Crippen LogP) is 1.94. The maximum absolute atomic E-state index is 12.3. The summed E-state index contributed by atoms with van der Waals surface area (Å²) >= 11 is 0. The summed E-state index contributed by atoms with van der Waals surface area (Å²) < 4.78 is 5.33. The Labute approximate surface area is 174 Å². The fraction of sp³-hybridized carbons (Fsp3) is 0.714. The van der Waals surface area contributed by atoms with Gasteiger partial charge in [-0.2, -0.15) is 0 Å². The van der Waals surface area contributed by atoms with Gasteiger partial charge in [-0.25, -0.2) is 0 Å². The van der Waals surface area contributed by atoms with Gasteiger partial charge in [0, 0.05) is 57.6 Å². The quantitative estimate of drug-likeness (QED) is 0.779. The molecule has 0 aromatic carbocycles. The van der Waals surface area contributed by atoms with E-state index < -0.39 is 0 Å². The minimum absolute atomic E-state index is 0. The number of likely N-dealkylation sites (tertiary alicyclic amines) is 1. The summed E-state index contributed by atoms with van der Waals surface area (Å²) in [5.41, 5.74) is 1.30. The molecule has 6 nitrogen and oxygen atoms in total. The van der Waals surface area contributed by atoms with E-state index in [1.807, 2.05) is 23.4 Å². The summed E-state index contributed by atoms with van der Waals surface area (Å²) in [6, 6.07) is 4.75. The van der Waals surface area contributed by atoms with Crippen molar-refractivity contribution >= 4 is 18.3 Å². The predicted molar refractivity (Wildman–Crippen MR) is 111 cm³/mol. The zero-order valence-corrected chi connectivity index (χ0v) is 17.4. The van der Waals surface area contributed by atoms with Gasteiger partial charge in [-0.05, 0) is 49.3 Å². The molecule has 4 rings (SSSR count). The van der Waals surface area contributed by atoms with Gasteiger partial charge in [0.25, 0.3) is 0 Å². The lowest BCUT2D eigenvalue weighted by atomic mass is 9.79. The SMILES string of the molecule is Cl.O=C(CCC[C@H]1NC[C@@H]2C[C@@H]1CN(Cc1cccnc1)C2)N1CCOCC1. The first kappa shape index (κ1) is 21.5. The van der Waals surface area contributed by atoms with Crippen LogP contribution >= 0.6 is 12.4 Å². The van der Waals surface area contributed by atoms with Gasteiger partial charge in [0.1, 0.15) is 0 Å². The molecule has 3 aliphatic heterocycles. The molecule has 0 aliphatic carbocycles. The highest BCUT2D eigenvalue weighted by Crippen LogP contribution is 2.31. The second-order valence-electron chi connectivity index (χ2n) is 8.32. The Kier molecular flexibility index (Phi) is 8.09. The second-order valence-corrected chi connectivity index (χ2v) is 8.32. The number of piperidine rings is 2. The van der Waals surface area contributed by atoms with E-state index in [-0.39, 0.29) is 12.4 Å². The van der Waals surface area contributed by atoms with E-state index in [1.54, 1.807) is 0 Å². The fourth-order valence-electron chi connectivity index (χ4n) is 4.93. The smallest absolute Gasteiger partial charge is 0.222 e. The molecule has 1 amide bonds. The average Bonchev–Trinajstić information content (AvgIpc) is 2.71. The highest BCUT2D eigenvalue weighted by atomic mass is 35.5. The largest absolute Gasteiger partial charge is 0.378 e. The van der Waals surface area contributed by atoms with Crippen LogP contribution in [0.5, 0.6) is 0 Å². The van der Waals surface area contributed by atoms with Gasteiger partial charge < -0.3 is 15.0 Å². The van der Waals surface area contributed by atoms with Gasteiger partial charge in [-0.15, -0.1) is 12.4 Å². The van der Waals surface area contributed by atoms with E-state index >= 15 is 0 Å². The van der Waals surface area contributed by atoms with E-state index in [1.165, 1.54) is 18.5 Å². The van der Waals surface area contributed by atoms with Crippen LogP contribution in [0.2, 0.25) is 0 Å². The standard InChI is InChI=1S/C21H32N4O2.ClH/c26-21(25-7-9-27-10-8-25)5-1-4-20-19-11-18(13-23-20)15-24(16-19)14-17-3-2-6-22-12-17;/h2-3,6,12,18-20,23H,1,4-5,7-11,13-16H2;1H/t18-,19+,20+;/m0./s1. The molecule has 1 aromatic rings. The van der Waals surface area contributed by atoms with Gasteiger partial charge in [0.2, 0.25) is 5.91 Å². The molecule has 0 saturated carbocycles. The molecule has 0 unspecified atom stereocenters. The van der Waals surface area contributed by atoms with Crippen molar-refractivity contribution in [1.29, 1.82) is 0 Å². The summed E-state index contributed by atoms with van der Waals surface area (Å²) in [4.78, 5) is 21.2. The number of carbonyl (C=O) groups excluding carboxylic acids is 1. The lowest BCUT2D eigenvalue weighted by molar-refractivity contribution is -0.135. The van der Waals surface area contributed by atoms with Crippen LogP contribution in [0.15, 0.2) is 24.5 Å². The van der Waals surface area contributed by atoms with Crippen LogP contribution in [0.4, 0.5) is 0 Å². The van der Waals surface area contributed by atoms with E-state index in [0.717, 1.165) is 51.5 Å². The molecule has 7 heteroatoms. The van der Waals surface area contributed by atoms with Crippen molar-refractivity contribution < 1.29 is 9.53 Å². The lowest BCUT2D eigenvalue weighted by Crippen LogP contribution is -2.55. The molecule has 1 aromatic heterocycles. The molecule has 3 saturated heterocycles. The summed E-state index contributed by atoms with van der Waals surface area (Å²) in [6.45, 7) is 7.34. The first-order valence-electron chi connectivity index (χ1n) is 10.5. The van der Waals surface area contributed by atoms with E-state index in [2.05, 4.69) is 21.3 Å². The van der Waals surface area contributed by atoms with E-state index in [4.69, 9.17) is 4.74 Å². The van der Waals surface area contributed by atoms with Gasteiger partial charge >= 0.3 is 0 Å². The van der Waals surface area contributed by atoms with Crippen molar-refractivity contribution in [3.8, 4) is 0 Å². The van der Waals surface area contributed by atoms with Gasteiger partial charge in [-0.3, -0.25) is 14.7 Å². The van der Waals surface area contributed by atoms with Crippen LogP contribution < -0.4 is 5.32 Å². The molecule has 3 atom stereocenters. The van der Waals surface area contributed by atoms with Crippen molar-refractivity contribution in [2.45, 2.75) is 38.3 Å². The summed E-state index contributed by atoms with van der Waals surface area (Å²) in [6.07, 6.45) is 7.92. The fourth-order valence-corrected chi connectivity index (χ4v) is 4.93. The normalized spacial score (nSPS) is 27.9. The molecule has 0 spiro atoms. The minimum atomic E-state index is 0. The van der Waals surface area contributed by atoms with Crippen molar-refractivity contribution in [3.63, 3.8) is 0 Å². The average molecular weight is 409 g/mol. The number of carbonyl (C=O) groups is 1. The summed E-state index contributed by atoms with van der Waals surface area (Å²) in [5.74, 6) is 1.76. The van der Waals surface area contributed by atoms with Crippen molar-refractivity contribution in [2.24, 2.45) is 11.8 Å². The van der Waals surface area contributed by atoms with Crippen LogP contribution in [0.3, 0.4) is 0 Å². The molecule has 0 radical (unpaired) electrons. The third-order valence-corrected chi connectivity index (χ3v) is 6.28. The molecular formula is C21H33ClN4O2. The van der Waals surface area contributed by atoms with Gasteiger partial charge in [-0.1, -0.05) is 6.07 Å². The lowest BCUT2D eigenvalue weighted by Gasteiger charge is -2.46. The number of ether oxygens (including phenoxy) is 1. The first-order chi connectivity index (χ1) is 13.3. The number of hydrogen-bond acceptors (Lipinski definition) is 5. The van der Waals surface area contributed by atoms with Crippen molar-refractivity contribution in [3.05, 3.63) is 30.1 Å². The Bertz CT molecular complexity index is 612. The number of rotatable bonds is 6. The molecular weight excluding hydrogens is 376 g/mol. The molecule has 1 N–H and O–H groups in total. The van der Waals surface area contributed by atoms with Crippen LogP contribution in [-0.4, -0.2) is 72.7 Å². The number of pyridine rings is 1. The number of halogens is 1. The van der Waals surface area contributed by atoms with Crippen LogP contribution in [0.25, 0.3) is 0 Å². The Hall–Kier alpha value is -1.21. The van der Waals surface area contributed by atoms with E-state index in [0.29, 0.717) is 37.5 Å². The molecule has 4 heterocycles. The summed E-state index contributed by atoms with van der Waals surface area (Å²) in [7, 11) is 0. The molecule has 28 heavy (non-hydrogen) atoms. The molecule has 156 valence electrons. The highest BCUT2D eigenvalue weighted by Gasteiger charge is 2.36. The maximum atomic E-state index is 12.3. The van der Waals surface area contributed by atoms with Crippen molar-refractivity contribution in [2.75, 3.05) is 45.9 Å². The minimum Gasteiger partial charge on any atom is -0.378 e. The Morgan fingerprint density at radius 3 is 2.93 bits per heavy atom. The van der Waals surface area contributed by atoms with Crippen LogP contribution in [0.1, 0.15) is 31.2 Å². The number of amides is 1. The highest BCUT2D eigenvalue weighted by molar-refractivity contribution is 5.85. The van der Waals surface area contributed by atoms with Gasteiger partial charge in [0.05, 0.1) is 13.2 Å². The Morgan fingerprint density at radius 2 is 2.14 bits per heavy atom. The van der Waals surface area contributed by atoms with Crippen LogP contribution in [0, 0.1) is 11.8 Å². The maximum Gasteiger partial charge on any atom is 0.222 e. The first-order valence-corrected chi connectivity index (χ1v) is 10.5. The number of morpholine rings is 1. The topological polar surface area (TPSA) is 57.7 Å². The number of hydrogen-bond donors (Lipinski definition) is 1. The third kappa shape index (κ3) is 5.66. The molecule has 2 bridgehead atoms.